The highest BCUT2D eigenvalue weighted by atomic mass is 35.5. The van der Waals surface area contributed by atoms with Gasteiger partial charge in [-0.15, -0.1) is 12.4 Å². The number of hydrogen-bond donors (Lipinski definition) is 1. The second-order valence-electron chi connectivity index (χ2n) is 6.10. The van der Waals surface area contributed by atoms with Gasteiger partial charge in [-0.05, 0) is 51.2 Å². The minimum Gasteiger partial charge on any atom is -0.319 e. The Morgan fingerprint density at radius 3 is 2.55 bits per heavy atom. The number of rotatable bonds is 5. The van der Waals surface area contributed by atoms with Gasteiger partial charge in [-0.1, -0.05) is 0 Å². The minimum atomic E-state index is -3.01. The Labute approximate surface area is 129 Å². The maximum Gasteiger partial charge on any atom is 0.211 e. The van der Waals surface area contributed by atoms with Crippen molar-refractivity contribution in [2.75, 3.05) is 52.6 Å². The van der Waals surface area contributed by atoms with Gasteiger partial charge in [0.25, 0.3) is 0 Å². The van der Waals surface area contributed by atoms with Crippen molar-refractivity contribution in [3.8, 4) is 0 Å². The molecule has 0 amide bonds. The second kappa shape index (κ2) is 7.94. The van der Waals surface area contributed by atoms with Crippen LogP contribution in [0.3, 0.4) is 0 Å². The van der Waals surface area contributed by atoms with E-state index in [4.69, 9.17) is 0 Å². The van der Waals surface area contributed by atoms with E-state index in [1.807, 2.05) is 7.05 Å². The lowest BCUT2D eigenvalue weighted by atomic mass is 9.99. The van der Waals surface area contributed by atoms with Crippen molar-refractivity contribution in [1.29, 1.82) is 0 Å². The summed E-state index contributed by atoms with van der Waals surface area (Å²) in [7, 11) is -0.999. The molecule has 0 aromatic rings. The molecule has 2 unspecified atom stereocenters. The standard InChI is InChI=1S/C13H27N3O2S.ClH/c1-14-8-12-5-7-15(9-12)10-13-4-3-6-16(11-13)19(2,17)18;/h12-14H,3-11H2,1-2H3;1H. The summed E-state index contributed by atoms with van der Waals surface area (Å²) in [5, 5.41) is 3.25. The monoisotopic (exact) mass is 325 g/mol. The number of nitrogens with one attached hydrogen (secondary N) is 1. The molecule has 0 spiro atoms. The maximum atomic E-state index is 11.6. The first kappa shape index (κ1) is 18.2. The Morgan fingerprint density at radius 1 is 1.15 bits per heavy atom. The first-order chi connectivity index (χ1) is 8.99. The predicted octanol–water partition coefficient (Wildman–Crippen LogP) is 0.621. The lowest BCUT2D eigenvalue weighted by molar-refractivity contribution is 0.197. The molecule has 2 rings (SSSR count). The highest BCUT2D eigenvalue weighted by molar-refractivity contribution is 7.88. The zero-order valence-corrected chi connectivity index (χ0v) is 14.2. The Balaban J connectivity index is 0.00000200. The third-order valence-corrected chi connectivity index (χ3v) is 5.60. The molecule has 20 heavy (non-hydrogen) atoms. The van der Waals surface area contributed by atoms with Gasteiger partial charge in [0.05, 0.1) is 6.26 Å². The predicted molar refractivity (Wildman–Crippen MR) is 84.9 cm³/mol. The van der Waals surface area contributed by atoms with Crippen molar-refractivity contribution in [3.05, 3.63) is 0 Å². The molecule has 2 heterocycles. The molecule has 2 aliphatic rings. The molecule has 0 radical (unpaired) electrons. The van der Waals surface area contributed by atoms with Crippen molar-refractivity contribution in [1.82, 2.24) is 14.5 Å². The van der Waals surface area contributed by atoms with E-state index in [0.29, 0.717) is 19.0 Å². The molecule has 0 bridgehead atoms. The number of piperidine rings is 1. The van der Waals surface area contributed by atoms with Crippen LogP contribution in [0.25, 0.3) is 0 Å². The Hall–Kier alpha value is 0.120. The van der Waals surface area contributed by atoms with Gasteiger partial charge in [-0.3, -0.25) is 0 Å². The number of likely N-dealkylation sites (tertiary alicyclic amines) is 1. The smallest absolute Gasteiger partial charge is 0.211 e. The van der Waals surface area contributed by atoms with Crippen molar-refractivity contribution >= 4 is 22.4 Å². The van der Waals surface area contributed by atoms with Crippen molar-refractivity contribution < 1.29 is 8.42 Å². The molecule has 0 aromatic heterocycles. The summed E-state index contributed by atoms with van der Waals surface area (Å²) in [5.74, 6) is 1.27. The van der Waals surface area contributed by atoms with Gasteiger partial charge < -0.3 is 10.2 Å². The largest absolute Gasteiger partial charge is 0.319 e. The molecule has 120 valence electrons. The van der Waals surface area contributed by atoms with Crippen LogP contribution in [0.4, 0.5) is 0 Å². The molecule has 1 N–H and O–H groups in total. The molecule has 2 saturated heterocycles. The van der Waals surface area contributed by atoms with Crippen LogP contribution in [0.5, 0.6) is 0 Å². The first-order valence-corrected chi connectivity index (χ1v) is 9.16. The summed E-state index contributed by atoms with van der Waals surface area (Å²) in [5.41, 5.74) is 0. The molecular formula is C13H28ClN3O2S. The molecule has 2 fully saturated rings. The Kier molecular flexibility index (Phi) is 7.21. The van der Waals surface area contributed by atoms with E-state index in [0.717, 1.165) is 32.0 Å². The van der Waals surface area contributed by atoms with Gasteiger partial charge in [-0.25, -0.2) is 12.7 Å². The van der Waals surface area contributed by atoms with Gasteiger partial charge in [0.1, 0.15) is 0 Å². The van der Waals surface area contributed by atoms with Gasteiger partial charge in [0, 0.05) is 26.2 Å². The number of halogens is 1. The SMILES string of the molecule is CNCC1CCN(CC2CCCN(S(C)(=O)=O)C2)C1.Cl. The van der Waals surface area contributed by atoms with Crippen molar-refractivity contribution in [2.24, 2.45) is 11.8 Å². The zero-order chi connectivity index (χ0) is 13.9. The molecule has 0 aliphatic carbocycles. The van der Waals surface area contributed by atoms with E-state index in [1.165, 1.54) is 25.6 Å². The van der Waals surface area contributed by atoms with Gasteiger partial charge in [0.2, 0.25) is 10.0 Å². The van der Waals surface area contributed by atoms with Crippen LogP contribution in [0.1, 0.15) is 19.3 Å². The Morgan fingerprint density at radius 2 is 1.90 bits per heavy atom. The van der Waals surface area contributed by atoms with E-state index in [2.05, 4.69) is 10.2 Å². The fourth-order valence-electron chi connectivity index (χ4n) is 3.38. The van der Waals surface area contributed by atoms with E-state index in [1.54, 1.807) is 4.31 Å². The highest BCUT2D eigenvalue weighted by Crippen LogP contribution is 2.23. The van der Waals surface area contributed by atoms with E-state index >= 15 is 0 Å². The summed E-state index contributed by atoms with van der Waals surface area (Å²) in [4.78, 5) is 2.51. The van der Waals surface area contributed by atoms with Gasteiger partial charge >= 0.3 is 0 Å². The molecular weight excluding hydrogens is 298 g/mol. The van der Waals surface area contributed by atoms with E-state index in [-0.39, 0.29) is 12.4 Å². The van der Waals surface area contributed by atoms with E-state index < -0.39 is 10.0 Å². The quantitative estimate of drug-likeness (QED) is 0.805. The topological polar surface area (TPSA) is 52.6 Å². The molecule has 5 nitrogen and oxygen atoms in total. The lowest BCUT2D eigenvalue weighted by Crippen LogP contribution is -2.43. The van der Waals surface area contributed by atoms with Gasteiger partial charge in [0.15, 0.2) is 0 Å². The summed E-state index contributed by atoms with van der Waals surface area (Å²) in [6, 6.07) is 0. The zero-order valence-electron chi connectivity index (χ0n) is 12.5. The Bertz CT molecular complexity index is 391. The normalized spacial score (nSPS) is 29.3. The van der Waals surface area contributed by atoms with Gasteiger partial charge in [-0.2, -0.15) is 0 Å². The fraction of sp³-hybridized carbons (Fsp3) is 1.00. The molecule has 2 atom stereocenters. The lowest BCUT2D eigenvalue weighted by Gasteiger charge is -2.33. The average Bonchev–Trinajstić information content (AvgIpc) is 2.76. The van der Waals surface area contributed by atoms with Crippen LogP contribution in [-0.2, 0) is 10.0 Å². The van der Waals surface area contributed by atoms with Crippen LogP contribution in [0, 0.1) is 11.8 Å². The molecule has 7 heteroatoms. The third-order valence-electron chi connectivity index (χ3n) is 4.33. The van der Waals surface area contributed by atoms with Crippen molar-refractivity contribution in [3.63, 3.8) is 0 Å². The number of nitrogens with zero attached hydrogens (tertiary/aromatic N) is 2. The van der Waals surface area contributed by atoms with Crippen LogP contribution in [0.15, 0.2) is 0 Å². The average molecular weight is 326 g/mol. The van der Waals surface area contributed by atoms with E-state index in [9.17, 15) is 8.42 Å². The minimum absolute atomic E-state index is 0. The van der Waals surface area contributed by atoms with Crippen LogP contribution >= 0.6 is 12.4 Å². The summed E-state index contributed by atoms with van der Waals surface area (Å²) in [6.07, 6.45) is 4.77. The van der Waals surface area contributed by atoms with Crippen molar-refractivity contribution in [2.45, 2.75) is 19.3 Å². The summed E-state index contributed by atoms with van der Waals surface area (Å²) < 4.78 is 24.9. The van der Waals surface area contributed by atoms with Crippen LogP contribution in [-0.4, -0.2) is 70.2 Å². The second-order valence-corrected chi connectivity index (χ2v) is 8.08. The number of sulfonamides is 1. The summed E-state index contributed by atoms with van der Waals surface area (Å²) in [6.45, 7) is 5.91. The highest BCUT2D eigenvalue weighted by Gasteiger charge is 2.29. The molecule has 2 aliphatic heterocycles. The maximum absolute atomic E-state index is 11.6. The fourth-order valence-corrected chi connectivity index (χ4v) is 4.32. The molecule has 0 aromatic carbocycles. The molecule has 0 saturated carbocycles. The number of hydrogen-bond acceptors (Lipinski definition) is 4. The third kappa shape index (κ3) is 5.15. The van der Waals surface area contributed by atoms with Crippen LogP contribution in [0.2, 0.25) is 0 Å². The first-order valence-electron chi connectivity index (χ1n) is 7.31. The summed E-state index contributed by atoms with van der Waals surface area (Å²) >= 11 is 0. The van der Waals surface area contributed by atoms with Crippen LogP contribution < -0.4 is 5.32 Å².